The number of nitrogens with two attached hydrogens (primary N) is 1. The molecule has 1 rings (SSSR count). The van der Waals surface area contributed by atoms with Gasteiger partial charge in [0, 0.05) is 18.6 Å². The summed E-state index contributed by atoms with van der Waals surface area (Å²) in [5.74, 6) is 0. The molecule has 0 spiro atoms. The Hall–Kier alpha value is -0.950. The third kappa shape index (κ3) is 4.02. The highest BCUT2D eigenvalue weighted by molar-refractivity contribution is 7.89. The molecule has 0 bridgehead atoms. The second-order valence-corrected chi connectivity index (χ2v) is 7.57. The van der Waals surface area contributed by atoms with Crippen LogP contribution in [0.4, 0.5) is 0 Å². The number of likely N-dealkylation sites (N-methyl/N-ethyl adjacent to an activating group) is 1. The van der Waals surface area contributed by atoms with E-state index in [2.05, 4.69) is 4.72 Å². The number of aryl methyl sites for hydroxylation is 1. The van der Waals surface area contributed by atoms with Crippen LogP contribution in [0.2, 0.25) is 0 Å². The van der Waals surface area contributed by atoms with E-state index in [-0.39, 0.29) is 5.54 Å². The summed E-state index contributed by atoms with van der Waals surface area (Å²) >= 11 is 0. The van der Waals surface area contributed by atoms with Crippen LogP contribution >= 0.6 is 0 Å². The average molecular weight is 299 g/mol. The summed E-state index contributed by atoms with van der Waals surface area (Å²) in [6.45, 7) is 6.42. The third-order valence-corrected chi connectivity index (χ3v) is 5.23. The van der Waals surface area contributed by atoms with Gasteiger partial charge in [0.1, 0.15) is 0 Å². The Kier molecular flexibility index (Phi) is 5.32. The number of sulfonamides is 1. The first-order valence-electron chi connectivity index (χ1n) is 6.57. The maximum atomic E-state index is 12.4. The Morgan fingerprint density at radius 2 is 1.90 bits per heavy atom. The summed E-state index contributed by atoms with van der Waals surface area (Å²) in [7, 11) is 0.328. The first-order valence-corrected chi connectivity index (χ1v) is 8.05. The number of hydrogen-bond donors (Lipinski definition) is 2. The monoisotopic (exact) mass is 299 g/mol. The van der Waals surface area contributed by atoms with Crippen molar-refractivity contribution in [3.63, 3.8) is 0 Å². The normalized spacial score (nSPS) is 12.9. The van der Waals surface area contributed by atoms with Gasteiger partial charge >= 0.3 is 0 Å². The number of nitrogens with one attached hydrogen (secondary N) is 1. The van der Waals surface area contributed by atoms with Crippen molar-refractivity contribution in [2.45, 2.75) is 37.8 Å². The SMILES string of the molecule is Cc1ccc(CN)cc1S(=O)(=O)NCC(C)(C)N(C)C. The van der Waals surface area contributed by atoms with Crippen LogP contribution < -0.4 is 10.5 Å². The summed E-state index contributed by atoms with van der Waals surface area (Å²) in [5.41, 5.74) is 6.84. The molecule has 1 aromatic rings. The minimum absolute atomic E-state index is 0.257. The maximum Gasteiger partial charge on any atom is 0.240 e. The van der Waals surface area contributed by atoms with Gasteiger partial charge in [0.15, 0.2) is 0 Å². The predicted octanol–water partition coefficient (Wildman–Crippen LogP) is 1.07. The number of rotatable bonds is 6. The van der Waals surface area contributed by atoms with Gasteiger partial charge in [-0.2, -0.15) is 0 Å². The average Bonchev–Trinajstić information content (AvgIpc) is 2.37. The largest absolute Gasteiger partial charge is 0.326 e. The molecule has 0 aliphatic rings. The smallest absolute Gasteiger partial charge is 0.240 e. The Labute approximate surface area is 122 Å². The molecule has 5 nitrogen and oxygen atoms in total. The third-order valence-electron chi connectivity index (χ3n) is 3.68. The van der Waals surface area contributed by atoms with Crippen LogP contribution in [0.3, 0.4) is 0 Å². The van der Waals surface area contributed by atoms with Crippen molar-refractivity contribution in [1.29, 1.82) is 0 Å². The van der Waals surface area contributed by atoms with Crippen molar-refractivity contribution in [2.75, 3.05) is 20.6 Å². The van der Waals surface area contributed by atoms with Crippen molar-refractivity contribution in [2.24, 2.45) is 5.73 Å². The summed E-state index contributed by atoms with van der Waals surface area (Å²) < 4.78 is 27.5. The van der Waals surface area contributed by atoms with Crippen molar-refractivity contribution < 1.29 is 8.42 Å². The number of benzene rings is 1. The zero-order chi connectivity index (χ0) is 15.6. The molecule has 0 fully saturated rings. The predicted molar refractivity (Wildman–Crippen MR) is 82.0 cm³/mol. The zero-order valence-corrected chi connectivity index (χ0v) is 13.7. The van der Waals surface area contributed by atoms with E-state index in [1.807, 2.05) is 38.9 Å². The summed E-state index contributed by atoms with van der Waals surface area (Å²) in [4.78, 5) is 2.29. The van der Waals surface area contributed by atoms with E-state index >= 15 is 0 Å². The Bertz CT molecular complexity index is 566. The van der Waals surface area contributed by atoms with Gasteiger partial charge in [-0.1, -0.05) is 12.1 Å². The first-order chi connectivity index (χ1) is 9.10. The van der Waals surface area contributed by atoms with E-state index in [4.69, 9.17) is 5.73 Å². The minimum atomic E-state index is -3.52. The van der Waals surface area contributed by atoms with E-state index in [0.717, 1.165) is 11.1 Å². The second kappa shape index (κ2) is 6.22. The fourth-order valence-electron chi connectivity index (χ4n) is 1.57. The van der Waals surface area contributed by atoms with E-state index in [9.17, 15) is 8.42 Å². The highest BCUT2D eigenvalue weighted by atomic mass is 32.2. The van der Waals surface area contributed by atoms with Crippen molar-refractivity contribution in [3.8, 4) is 0 Å². The van der Waals surface area contributed by atoms with Gasteiger partial charge < -0.3 is 10.6 Å². The molecule has 114 valence electrons. The number of hydrogen-bond acceptors (Lipinski definition) is 4. The van der Waals surface area contributed by atoms with Crippen LogP contribution in [-0.2, 0) is 16.6 Å². The molecule has 1 aromatic carbocycles. The molecule has 0 aromatic heterocycles. The van der Waals surface area contributed by atoms with Gasteiger partial charge in [0.05, 0.1) is 4.90 Å². The van der Waals surface area contributed by atoms with Crippen LogP contribution in [0.15, 0.2) is 23.1 Å². The molecule has 0 heterocycles. The lowest BCUT2D eigenvalue weighted by molar-refractivity contribution is 0.199. The zero-order valence-electron chi connectivity index (χ0n) is 12.9. The molecular weight excluding hydrogens is 274 g/mol. The Morgan fingerprint density at radius 1 is 1.30 bits per heavy atom. The maximum absolute atomic E-state index is 12.4. The Morgan fingerprint density at radius 3 is 2.40 bits per heavy atom. The topological polar surface area (TPSA) is 75.4 Å². The van der Waals surface area contributed by atoms with E-state index in [1.54, 1.807) is 19.1 Å². The van der Waals surface area contributed by atoms with Gasteiger partial charge in [-0.15, -0.1) is 0 Å². The van der Waals surface area contributed by atoms with E-state index in [0.29, 0.717) is 18.0 Å². The molecule has 0 radical (unpaired) electrons. The molecule has 0 unspecified atom stereocenters. The Balaban J connectivity index is 3.00. The molecule has 3 N–H and O–H groups in total. The molecule has 0 aliphatic carbocycles. The fraction of sp³-hybridized carbons (Fsp3) is 0.571. The molecule has 6 heteroatoms. The minimum Gasteiger partial charge on any atom is -0.326 e. The summed E-state index contributed by atoms with van der Waals surface area (Å²) in [5, 5.41) is 0. The van der Waals surface area contributed by atoms with E-state index < -0.39 is 10.0 Å². The highest BCUT2D eigenvalue weighted by Crippen LogP contribution is 2.18. The van der Waals surface area contributed by atoms with Gasteiger partial charge in [0.25, 0.3) is 0 Å². The van der Waals surface area contributed by atoms with E-state index in [1.165, 1.54) is 0 Å². The molecule has 0 aliphatic heterocycles. The highest BCUT2D eigenvalue weighted by Gasteiger charge is 2.25. The molecule has 0 saturated heterocycles. The molecule has 20 heavy (non-hydrogen) atoms. The quantitative estimate of drug-likeness (QED) is 0.824. The van der Waals surface area contributed by atoms with Crippen LogP contribution in [0, 0.1) is 6.92 Å². The van der Waals surface area contributed by atoms with Gasteiger partial charge in [-0.05, 0) is 52.1 Å². The van der Waals surface area contributed by atoms with Crippen LogP contribution in [0.25, 0.3) is 0 Å². The van der Waals surface area contributed by atoms with Gasteiger partial charge in [-0.25, -0.2) is 13.1 Å². The van der Waals surface area contributed by atoms with Crippen molar-refractivity contribution >= 4 is 10.0 Å². The summed E-state index contributed by atoms with van der Waals surface area (Å²) in [6.07, 6.45) is 0. The lowest BCUT2D eigenvalue weighted by Gasteiger charge is -2.32. The van der Waals surface area contributed by atoms with Crippen molar-refractivity contribution in [1.82, 2.24) is 9.62 Å². The first kappa shape index (κ1) is 17.1. The van der Waals surface area contributed by atoms with Crippen LogP contribution in [0.1, 0.15) is 25.0 Å². The standard InChI is InChI=1S/C14H25N3O2S/c1-11-6-7-12(9-15)8-13(11)20(18,19)16-10-14(2,3)17(4)5/h6-8,16H,9-10,15H2,1-5H3. The van der Waals surface area contributed by atoms with Gasteiger partial charge in [0.2, 0.25) is 10.0 Å². The lowest BCUT2D eigenvalue weighted by Crippen LogP contribution is -2.48. The van der Waals surface area contributed by atoms with Gasteiger partial charge in [-0.3, -0.25) is 0 Å². The molecule has 0 amide bonds. The van der Waals surface area contributed by atoms with Crippen molar-refractivity contribution in [3.05, 3.63) is 29.3 Å². The number of nitrogens with zero attached hydrogens (tertiary/aromatic N) is 1. The van der Waals surface area contributed by atoms with Crippen LogP contribution in [0.5, 0.6) is 0 Å². The second-order valence-electron chi connectivity index (χ2n) is 5.84. The molecule has 0 atom stereocenters. The molecular formula is C14H25N3O2S. The summed E-state index contributed by atoms with van der Waals surface area (Å²) in [6, 6.07) is 5.27. The van der Waals surface area contributed by atoms with Crippen LogP contribution in [-0.4, -0.2) is 39.5 Å². The fourth-order valence-corrected chi connectivity index (χ4v) is 3.07. The lowest BCUT2D eigenvalue weighted by atomic mass is 10.1. The molecule has 0 saturated carbocycles.